The van der Waals surface area contributed by atoms with E-state index in [4.69, 9.17) is 15.9 Å². The van der Waals surface area contributed by atoms with Gasteiger partial charge < -0.3 is 25.4 Å². The molecule has 2 aromatic heterocycles. The summed E-state index contributed by atoms with van der Waals surface area (Å²) >= 11 is 0. The number of anilines is 1. The fourth-order valence-corrected chi connectivity index (χ4v) is 3.10. The summed E-state index contributed by atoms with van der Waals surface area (Å²) < 4.78 is 7.08. The van der Waals surface area contributed by atoms with Crippen molar-refractivity contribution in [2.24, 2.45) is 5.73 Å². The number of aryl methyl sites for hydroxylation is 1. The number of oxazole rings is 1. The molecule has 134 valence electrons. The van der Waals surface area contributed by atoms with Crippen LogP contribution in [0.1, 0.15) is 59.1 Å². The molecule has 0 spiro atoms. The molecule has 1 aliphatic rings. The molecule has 0 aliphatic carbocycles. The van der Waals surface area contributed by atoms with E-state index in [0.29, 0.717) is 37.5 Å². The van der Waals surface area contributed by atoms with Gasteiger partial charge in [-0.3, -0.25) is 9.59 Å². The maximum Gasteiger partial charge on any atom is 0.275 e. The summed E-state index contributed by atoms with van der Waals surface area (Å²) in [6.45, 7) is 3.17. The minimum absolute atomic E-state index is 0.0811. The number of nitrogen functional groups attached to an aromatic ring is 1. The molecule has 3 rings (SSSR count). The van der Waals surface area contributed by atoms with Crippen molar-refractivity contribution in [3.05, 3.63) is 29.9 Å². The van der Waals surface area contributed by atoms with Crippen LogP contribution in [0.4, 0.5) is 5.82 Å². The Bertz CT molecular complexity index is 773. The van der Waals surface area contributed by atoms with Crippen LogP contribution in [0.15, 0.2) is 17.0 Å². The summed E-state index contributed by atoms with van der Waals surface area (Å²) in [6.07, 6.45) is 6.02. The Hall–Kier alpha value is -2.84. The van der Waals surface area contributed by atoms with Crippen LogP contribution in [-0.2, 0) is 6.42 Å². The second-order valence-electron chi connectivity index (χ2n) is 6.15. The average molecular weight is 346 g/mol. The Balaban J connectivity index is 1.63. The van der Waals surface area contributed by atoms with Gasteiger partial charge in [0.1, 0.15) is 12.1 Å². The molecule has 0 atom stereocenters. The summed E-state index contributed by atoms with van der Waals surface area (Å²) in [5.41, 5.74) is 11.6. The summed E-state index contributed by atoms with van der Waals surface area (Å²) in [7, 11) is 0. The smallest absolute Gasteiger partial charge is 0.275 e. The maximum absolute atomic E-state index is 12.5. The molecule has 1 aliphatic heterocycles. The number of amides is 2. The van der Waals surface area contributed by atoms with Crippen molar-refractivity contribution < 1.29 is 14.0 Å². The third-order valence-corrected chi connectivity index (χ3v) is 4.45. The predicted octanol–water partition coefficient (Wildman–Crippen LogP) is 0.982. The first-order chi connectivity index (χ1) is 12.0. The van der Waals surface area contributed by atoms with Gasteiger partial charge in [-0.05, 0) is 19.3 Å². The number of hydrogen-bond acceptors (Lipinski definition) is 6. The van der Waals surface area contributed by atoms with E-state index in [0.717, 1.165) is 12.8 Å². The predicted molar refractivity (Wildman–Crippen MR) is 89.8 cm³/mol. The number of imidazole rings is 1. The molecule has 4 N–H and O–H groups in total. The molecule has 3 heterocycles. The summed E-state index contributed by atoms with van der Waals surface area (Å²) in [4.78, 5) is 33.8. The average Bonchev–Trinajstić information content (AvgIpc) is 3.21. The Kier molecular flexibility index (Phi) is 4.73. The van der Waals surface area contributed by atoms with E-state index in [2.05, 4.69) is 9.97 Å². The van der Waals surface area contributed by atoms with Gasteiger partial charge in [0.05, 0.1) is 6.33 Å². The van der Waals surface area contributed by atoms with Crippen molar-refractivity contribution in [1.29, 1.82) is 0 Å². The molecule has 9 nitrogen and oxygen atoms in total. The van der Waals surface area contributed by atoms with Gasteiger partial charge in [0.2, 0.25) is 0 Å². The Labute approximate surface area is 145 Å². The van der Waals surface area contributed by atoms with E-state index < -0.39 is 5.91 Å². The lowest BCUT2D eigenvalue weighted by Crippen LogP contribution is -2.39. The van der Waals surface area contributed by atoms with Gasteiger partial charge >= 0.3 is 0 Å². The highest BCUT2D eigenvalue weighted by Crippen LogP contribution is 2.27. The first kappa shape index (κ1) is 17.0. The Morgan fingerprint density at radius 1 is 1.36 bits per heavy atom. The molecule has 9 heteroatoms. The highest BCUT2D eigenvalue weighted by atomic mass is 16.3. The number of hydrogen-bond donors (Lipinski definition) is 2. The number of carbonyl (C=O) groups excluding carboxylic acids is 2. The molecule has 0 unspecified atom stereocenters. The number of likely N-dealkylation sites (tertiary alicyclic amines) is 1. The van der Waals surface area contributed by atoms with Crippen LogP contribution in [0.5, 0.6) is 0 Å². The molecule has 0 bridgehead atoms. The van der Waals surface area contributed by atoms with Crippen molar-refractivity contribution in [3.8, 4) is 0 Å². The highest BCUT2D eigenvalue weighted by molar-refractivity contribution is 5.95. The van der Waals surface area contributed by atoms with E-state index in [1.807, 2.05) is 6.92 Å². The molecule has 1 fully saturated rings. The molecule has 1 saturated heterocycles. The molecule has 2 amide bonds. The second kappa shape index (κ2) is 6.96. The van der Waals surface area contributed by atoms with Gasteiger partial charge in [-0.25, -0.2) is 9.97 Å². The lowest BCUT2D eigenvalue weighted by molar-refractivity contribution is 0.0689. The molecule has 0 radical (unpaired) electrons. The van der Waals surface area contributed by atoms with Crippen LogP contribution < -0.4 is 11.5 Å². The van der Waals surface area contributed by atoms with Crippen LogP contribution in [0, 0.1) is 0 Å². The number of nitrogens with two attached hydrogens (primary N) is 2. The number of primary amides is 1. The number of nitrogens with zero attached hydrogens (tertiary/aromatic N) is 4. The van der Waals surface area contributed by atoms with Gasteiger partial charge in [0.15, 0.2) is 17.3 Å². The fraction of sp³-hybridized carbons (Fsp3) is 0.500. The van der Waals surface area contributed by atoms with Crippen LogP contribution in [-0.4, -0.2) is 44.3 Å². The minimum atomic E-state index is -0.641. The lowest BCUT2D eigenvalue weighted by Gasteiger charge is -2.32. The van der Waals surface area contributed by atoms with Crippen LogP contribution >= 0.6 is 0 Å². The van der Waals surface area contributed by atoms with Crippen LogP contribution in [0.3, 0.4) is 0 Å². The lowest BCUT2D eigenvalue weighted by atomic mass is 10.0. The maximum atomic E-state index is 12.5. The van der Waals surface area contributed by atoms with Crippen molar-refractivity contribution in [2.75, 3.05) is 18.8 Å². The summed E-state index contributed by atoms with van der Waals surface area (Å²) in [6, 6.07) is 0.0811. The van der Waals surface area contributed by atoms with Gasteiger partial charge in [0.25, 0.3) is 11.8 Å². The standard InChI is InChI=1S/C16H22N6O3/c1-2-3-12-20-11(8-25-12)16(24)21-6-4-10(5-7-21)22-9-19-13(14(22)17)15(18)23/h8-10H,2-7,17H2,1H3,(H2,18,23). The van der Waals surface area contributed by atoms with E-state index in [1.165, 1.54) is 12.6 Å². The second-order valence-corrected chi connectivity index (χ2v) is 6.15. The van der Waals surface area contributed by atoms with Crippen LogP contribution in [0.25, 0.3) is 0 Å². The van der Waals surface area contributed by atoms with Gasteiger partial charge in [0, 0.05) is 25.6 Å². The fourth-order valence-electron chi connectivity index (χ4n) is 3.10. The quantitative estimate of drug-likeness (QED) is 0.829. The molecule has 25 heavy (non-hydrogen) atoms. The first-order valence-corrected chi connectivity index (χ1v) is 8.37. The summed E-state index contributed by atoms with van der Waals surface area (Å²) in [5, 5.41) is 0. The van der Waals surface area contributed by atoms with E-state index in [1.54, 1.807) is 9.47 Å². The topological polar surface area (TPSA) is 133 Å². The monoisotopic (exact) mass is 346 g/mol. The first-order valence-electron chi connectivity index (χ1n) is 8.37. The van der Waals surface area contributed by atoms with Gasteiger partial charge in [-0.15, -0.1) is 0 Å². The van der Waals surface area contributed by atoms with Crippen molar-refractivity contribution in [1.82, 2.24) is 19.4 Å². The number of piperidine rings is 1. The Morgan fingerprint density at radius 2 is 2.08 bits per heavy atom. The third-order valence-electron chi connectivity index (χ3n) is 4.45. The molecular weight excluding hydrogens is 324 g/mol. The van der Waals surface area contributed by atoms with Crippen molar-refractivity contribution in [2.45, 2.75) is 38.6 Å². The summed E-state index contributed by atoms with van der Waals surface area (Å²) in [5.74, 6) is 0.0997. The zero-order chi connectivity index (χ0) is 18.0. The minimum Gasteiger partial charge on any atom is -0.448 e. The normalized spacial score (nSPS) is 15.5. The van der Waals surface area contributed by atoms with Crippen molar-refractivity contribution in [3.63, 3.8) is 0 Å². The van der Waals surface area contributed by atoms with E-state index >= 15 is 0 Å². The van der Waals surface area contributed by atoms with E-state index in [-0.39, 0.29) is 23.5 Å². The van der Waals surface area contributed by atoms with Crippen LogP contribution in [0.2, 0.25) is 0 Å². The highest BCUT2D eigenvalue weighted by Gasteiger charge is 2.28. The SMILES string of the molecule is CCCc1nc(C(=O)N2CCC(n3cnc(C(N)=O)c3N)CC2)co1. The van der Waals surface area contributed by atoms with Gasteiger partial charge in [-0.2, -0.15) is 0 Å². The number of aromatic nitrogens is 3. The van der Waals surface area contributed by atoms with E-state index in [9.17, 15) is 9.59 Å². The number of carbonyl (C=O) groups is 2. The largest absolute Gasteiger partial charge is 0.448 e. The van der Waals surface area contributed by atoms with Gasteiger partial charge in [-0.1, -0.05) is 6.92 Å². The zero-order valence-electron chi connectivity index (χ0n) is 14.1. The molecule has 0 aromatic carbocycles. The molecule has 0 saturated carbocycles. The molecule has 2 aromatic rings. The Morgan fingerprint density at radius 3 is 2.68 bits per heavy atom. The van der Waals surface area contributed by atoms with Crippen molar-refractivity contribution >= 4 is 17.6 Å². The zero-order valence-corrected chi connectivity index (χ0v) is 14.1. The molecular formula is C16H22N6O3. The third kappa shape index (κ3) is 3.35. The number of rotatable bonds is 5.